The van der Waals surface area contributed by atoms with Gasteiger partial charge in [-0.3, -0.25) is 0 Å². The zero-order valence-corrected chi connectivity index (χ0v) is 16.0. The summed E-state index contributed by atoms with van der Waals surface area (Å²) in [5.41, 5.74) is 5.42. The van der Waals surface area contributed by atoms with Crippen molar-refractivity contribution in [1.82, 2.24) is 4.57 Å². The van der Waals surface area contributed by atoms with Crippen molar-refractivity contribution in [3.05, 3.63) is 88.2 Å². The number of aromatic carboxylic acids is 2. The maximum Gasteiger partial charge on any atom is 0.337 e. The number of carbonyl (C=O) groups is 2. The van der Waals surface area contributed by atoms with E-state index in [2.05, 4.69) is 0 Å². The Balaban J connectivity index is 1.77. The zero-order valence-electron chi connectivity index (χ0n) is 16.0. The molecule has 2 aromatic carbocycles. The fourth-order valence-electron chi connectivity index (χ4n) is 3.46. The Kier molecular flexibility index (Phi) is 5.64. The highest BCUT2D eigenvalue weighted by Crippen LogP contribution is 2.23. The first-order chi connectivity index (χ1) is 13.4. The summed E-state index contributed by atoms with van der Waals surface area (Å²) < 4.78 is 1.97. The molecule has 0 spiro atoms. The van der Waals surface area contributed by atoms with E-state index in [1.165, 1.54) is 0 Å². The SMILES string of the molecule is Cc1ccc(C)n1-c1cc(CCCc2ccc(C(=O)O)cc2)ccc1C(=O)O. The average Bonchev–Trinajstić information content (AvgIpc) is 3.00. The Morgan fingerprint density at radius 3 is 1.93 bits per heavy atom. The van der Waals surface area contributed by atoms with Crippen LogP contribution in [-0.4, -0.2) is 26.7 Å². The van der Waals surface area contributed by atoms with Gasteiger partial charge in [0.15, 0.2) is 0 Å². The number of benzene rings is 2. The third-order valence-corrected chi connectivity index (χ3v) is 4.94. The lowest BCUT2D eigenvalue weighted by Gasteiger charge is -2.14. The lowest BCUT2D eigenvalue weighted by atomic mass is 10.0. The Labute approximate surface area is 163 Å². The van der Waals surface area contributed by atoms with Gasteiger partial charge in [0.1, 0.15) is 0 Å². The number of nitrogens with zero attached hydrogens (tertiary/aromatic N) is 1. The van der Waals surface area contributed by atoms with Crippen molar-refractivity contribution in [2.24, 2.45) is 0 Å². The monoisotopic (exact) mass is 377 g/mol. The number of rotatable bonds is 7. The van der Waals surface area contributed by atoms with E-state index in [-0.39, 0.29) is 11.1 Å². The summed E-state index contributed by atoms with van der Waals surface area (Å²) in [5, 5.41) is 18.5. The van der Waals surface area contributed by atoms with Crippen molar-refractivity contribution in [1.29, 1.82) is 0 Å². The molecule has 0 aliphatic carbocycles. The normalized spacial score (nSPS) is 10.8. The van der Waals surface area contributed by atoms with Crippen LogP contribution in [0.3, 0.4) is 0 Å². The number of hydrogen-bond acceptors (Lipinski definition) is 2. The molecular formula is C23H23NO4. The summed E-state index contributed by atoms with van der Waals surface area (Å²) in [7, 11) is 0. The Morgan fingerprint density at radius 2 is 1.36 bits per heavy atom. The Bertz CT molecular complexity index is 996. The van der Waals surface area contributed by atoms with E-state index < -0.39 is 11.9 Å². The highest BCUT2D eigenvalue weighted by atomic mass is 16.4. The molecule has 0 fully saturated rings. The minimum absolute atomic E-state index is 0.287. The molecule has 5 nitrogen and oxygen atoms in total. The highest BCUT2D eigenvalue weighted by Gasteiger charge is 2.15. The summed E-state index contributed by atoms with van der Waals surface area (Å²) in [5.74, 6) is -1.86. The molecule has 0 atom stereocenters. The molecule has 5 heteroatoms. The van der Waals surface area contributed by atoms with Crippen LogP contribution in [0, 0.1) is 13.8 Å². The zero-order chi connectivity index (χ0) is 20.3. The average molecular weight is 377 g/mol. The minimum Gasteiger partial charge on any atom is -0.478 e. The molecule has 0 aliphatic rings. The standard InChI is InChI=1S/C23H23NO4/c1-15-6-7-16(2)24(15)21-14-18(10-13-20(21)23(27)28)5-3-4-17-8-11-19(12-9-17)22(25)26/h6-14H,3-5H2,1-2H3,(H,25,26)(H,27,28). The number of aromatic nitrogens is 1. The lowest BCUT2D eigenvalue weighted by molar-refractivity contribution is 0.0686. The molecule has 0 aliphatic heterocycles. The molecule has 144 valence electrons. The molecule has 0 unspecified atom stereocenters. The van der Waals surface area contributed by atoms with Crippen LogP contribution in [0.4, 0.5) is 0 Å². The van der Waals surface area contributed by atoms with Crippen LogP contribution in [0.1, 0.15) is 49.7 Å². The molecule has 0 saturated heterocycles. The smallest absolute Gasteiger partial charge is 0.337 e. The first-order valence-corrected chi connectivity index (χ1v) is 9.20. The number of hydrogen-bond donors (Lipinski definition) is 2. The van der Waals surface area contributed by atoms with Crippen molar-refractivity contribution in [2.45, 2.75) is 33.1 Å². The fraction of sp³-hybridized carbons (Fsp3) is 0.217. The molecule has 0 saturated carbocycles. The van der Waals surface area contributed by atoms with E-state index in [0.717, 1.165) is 41.8 Å². The van der Waals surface area contributed by atoms with Gasteiger partial charge in [0.25, 0.3) is 0 Å². The van der Waals surface area contributed by atoms with Crippen LogP contribution in [0.25, 0.3) is 5.69 Å². The second-order valence-corrected chi connectivity index (χ2v) is 6.96. The number of carboxylic acids is 2. The second-order valence-electron chi connectivity index (χ2n) is 6.96. The van der Waals surface area contributed by atoms with Crippen LogP contribution >= 0.6 is 0 Å². The van der Waals surface area contributed by atoms with Crippen LogP contribution < -0.4 is 0 Å². The van der Waals surface area contributed by atoms with E-state index >= 15 is 0 Å². The second kappa shape index (κ2) is 8.13. The molecule has 3 aromatic rings. The fourth-order valence-corrected chi connectivity index (χ4v) is 3.46. The van der Waals surface area contributed by atoms with Gasteiger partial charge in [-0.25, -0.2) is 9.59 Å². The van der Waals surface area contributed by atoms with Gasteiger partial charge in [0.05, 0.1) is 16.8 Å². The van der Waals surface area contributed by atoms with Crippen molar-refractivity contribution in [2.75, 3.05) is 0 Å². The predicted molar refractivity (Wildman–Crippen MR) is 108 cm³/mol. The van der Waals surface area contributed by atoms with E-state index in [9.17, 15) is 14.7 Å². The topological polar surface area (TPSA) is 79.5 Å². The molecule has 28 heavy (non-hydrogen) atoms. The van der Waals surface area contributed by atoms with Crippen LogP contribution in [-0.2, 0) is 12.8 Å². The third kappa shape index (κ3) is 4.14. The van der Waals surface area contributed by atoms with Gasteiger partial charge in [-0.05, 0) is 80.6 Å². The van der Waals surface area contributed by atoms with Crippen molar-refractivity contribution < 1.29 is 19.8 Å². The predicted octanol–water partition coefficient (Wildman–Crippen LogP) is 4.67. The largest absolute Gasteiger partial charge is 0.478 e. The van der Waals surface area contributed by atoms with Crippen molar-refractivity contribution in [3.8, 4) is 5.69 Å². The quantitative estimate of drug-likeness (QED) is 0.627. The van der Waals surface area contributed by atoms with Gasteiger partial charge in [-0.2, -0.15) is 0 Å². The molecule has 1 aromatic heterocycles. The summed E-state index contributed by atoms with van der Waals surface area (Å²) in [4.78, 5) is 22.6. The van der Waals surface area contributed by atoms with Gasteiger partial charge in [-0.15, -0.1) is 0 Å². The summed E-state index contributed by atoms with van der Waals surface area (Å²) in [6.45, 7) is 3.93. The molecule has 0 radical (unpaired) electrons. The third-order valence-electron chi connectivity index (χ3n) is 4.94. The highest BCUT2D eigenvalue weighted by molar-refractivity contribution is 5.92. The van der Waals surface area contributed by atoms with Gasteiger partial charge < -0.3 is 14.8 Å². The van der Waals surface area contributed by atoms with E-state index in [1.807, 2.05) is 54.8 Å². The Hall–Kier alpha value is -3.34. The van der Waals surface area contributed by atoms with Gasteiger partial charge in [0.2, 0.25) is 0 Å². The summed E-state index contributed by atoms with van der Waals surface area (Å²) in [6, 6.07) is 16.4. The first-order valence-electron chi connectivity index (χ1n) is 9.20. The maximum absolute atomic E-state index is 11.7. The lowest BCUT2D eigenvalue weighted by Crippen LogP contribution is -2.08. The van der Waals surface area contributed by atoms with Gasteiger partial charge in [0, 0.05) is 11.4 Å². The van der Waals surface area contributed by atoms with Crippen LogP contribution in [0.5, 0.6) is 0 Å². The molecule has 1 heterocycles. The van der Waals surface area contributed by atoms with Crippen molar-refractivity contribution in [3.63, 3.8) is 0 Å². The maximum atomic E-state index is 11.7. The minimum atomic E-state index is -0.937. The van der Waals surface area contributed by atoms with E-state index in [1.54, 1.807) is 18.2 Å². The summed E-state index contributed by atoms with van der Waals surface area (Å²) in [6.07, 6.45) is 2.53. The van der Waals surface area contributed by atoms with Gasteiger partial charge >= 0.3 is 11.9 Å². The van der Waals surface area contributed by atoms with Crippen LogP contribution in [0.2, 0.25) is 0 Å². The molecule has 0 bridgehead atoms. The Morgan fingerprint density at radius 1 is 0.786 bits per heavy atom. The number of carboxylic acid groups (broad SMARTS) is 2. The molecule has 3 rings (SSSR count). The van der Waals surface area contributed by atoms with E-state index in [4.69, 9.17) is 5.11 Å². The summed E-state index contributed by atoms with van der Waals surface area (Å²) >= 11 is 0. The molecule has 2 N–H and O–H groups in total. The molecular weight excluding hydrogens is 354 g/mol. The van der Waals surface area contributed by atoms with E-state index in [0.29, 0.717) is 5.69 Å². The molecule has 0 amide bonds. The van der Waals surface area contributed by atoms with Crippen molar-refractivity contribution >= 4 is 11.9 Å². The number of aryl methyl sites for hydroxylation is 4. The first kappa shape index (κ1) is 19.4. The van der Waals surface area contributed by atoms with Crippen LogP contribution in [0.15, 0.2) is 54.6 Å². The van der Waals surface area contributed by atoms with Gasteiger partial charge in [-0.1, -0.05) is 18.2 Å².